The summed E-state index contributed by atoms with van der Waals surface area (Å²) in [5.41, 5.74) is 0. The van der Waals surface area contributed by atoms with Gasteiger partial charge in [0.05, 0.1) is 6.17 Å². The highest BCUT2D eigenvalue weighted by atomic mass is 15.3. The zero-order chi connectivity index (χ0) is 10.6. The predicted molar refractivity (Wildman–Crippen MR) is 62.4 cm³/mol. The molecule has 1 heterocycles. The number of nitrogens with zero attached hydrogens (tertiary/aromatic N) is 2. The number of hydrogen-bond acceptors (Lipinski definition) is 2. The fourth-order valence-corrected chi connectivity index (χ4v) is 2.45. The molecule has 1 aliphatic rings. The van der Waals surface area contributed by atoms with Gasteiger partial charge >= 0.3 is 0 Å². The molecule has 0 amide bonds. The normalized spacial score (nSPS) is 26.6. The van der Waals surface area contributed by atoms with Crippen molar-refractivity contribution in [3.05, 3.63) is 0 Å². The first-order valence-electron chi connectivity index (χ1n) is 6.05. The van der Waals surface area contributed by atoms with E-state index < -0.39 is 0 Å². The molecule has 14 heavy (non-hydrogen) atoms. The minimum absolute atomic E-state index is 0.662. The second-order valence-corrected chi connectivity index (χ2v) is 4.98. The Morgan fingerprint density at radius 1 is 1.07 bits per heavy atom. The summed E-state index contributed by atoms with van der Waals surface area (Å²) < 4.78 is 0. The zero-order valence-electron chi connectivity index (χ0n) is 10.3. The third-order valence-electron chi connectivity index (χ3n) is 3.27. The zero-order valence-corrected chi connectivity index (χ0v) is 10.3. The maximum Gasteiger partial charge on any atom is 0.0619 e. The summed E-state index contributed by atoms with van der Waals surface area (Å²) in [6.45, 7) is 5.91. The van der Waals surface area contributed by atoms with E-state index in [1.165, 1.54) is 38.6 Å². The van der Waals surface area contributed by atoms with E-state index in [0.717, 1.165) is 0 Å². The fourth-order valence-electron chi connectivity index (χ4n) is 2.45. The van der Waals surface area contributed by atoms with Crippen molar-refractivity contribution in [2.24, 2.45) is 0 Å². The lowest BCUT2D eigenvalue weighted by molar-refractivity contribution is 0.0366. The summed E-state index contributed by atoms with van der Waals surface area (Å²) in [5, 5.41) is 0. The molecule has 1 unspecified atom stereocenters. The van der Waals surface area contributed by atoms with Crippen LogP contribution in [-0.2, 0) is 0 Å². The van der Waals surface area contributed by atoms with E-state index in [9.17, 15) is 0 Å². The smallest absolute Gasteiger partial charge is 0.0619 e. The first-order valence-corrected chi connectivity index (χ1v) is 6.05. The van der Waals surface area contributed by atoms with Gasteiger partial charge in [-0.25, -0.2) is 0 Å². The number of rotatable bonds is 2. The van der Waals surface area contributed by atoms with Gasteiger partial charge in [-0.1, -0.05) is 19.3 Å². The molecule has 1 fully saturated rings. The average molecular weight is 198 g/mol. The van der Waals surface area contributed by atoms with Crippen LogP contribution in [0.1, 0.15) is 46.0 Å². The minimum Gasteiger partial charge on any atom is -0.294 e. The molecule has 2 heteroatoms. The van der Waals surface area contributed by atoms with Crippen LogP contribution in [0.3, 0.4) is 0 Å². The van der Waals surface area contributed by atoms with Gasteiger partial charge in [0.15, 0.2) is 0 Å². The first-order chi connectivity index (χ1) is 6.63. The summed E-state index contributed by atoms with van der Waals surface area (Å²) in [4.78, 5) is 5.03. The molecule has 1 rings (SSSR count). The van der Waals surface area contributed by atoms with Gasteiger partial charge in [0.2, 0.25) is 0 Å². The maximum atomic E-state index is 2.65. The standard InChI is InChI=1S/C12H26N2/c1-11(2)14-10-8-6-5-7-9-12(14)13(3)4/h11-12H,5-10H2,1-4H3. The van der Waals surface area contributed by atoms with Gasteiger partial charge in [-0.3, -0.25) is 9.80 Å². The molecule has 1 atom stereocenters. The summed E-state index contributed by atoms with van der Waals surface area (Å²) in [5.74, 6) is 0. The molecular formula is C12H26N2. The van der Waals surface area contributed by atoms with Crippen molar-refractivity contribution in [2.75, 3.05) is 20.6 Å². The molecule has 0 N–H and O–H groups in total. The lowest BCUT2D eigenvalue weighted by atomic mass is 10.0. The lowest BCUT2D eigenvalue weighted by Gasteiger charge is -2.40. The molecule has 0 spiro atoms. The average Bonchev–Trinajstić information content (AvgIpc) is 2.01. The second kappa shape index (κ2) is 5.72. The van der Waals surface area contributed by atoms with Gasteiger partial charge in [-0.05, 0) is 47.3 Å². The van der Waals surface area contributed by atoms with Crippen molar-refractivity contribution in [3.63, 3.8) is 0 Å². The summed E-state index contributed by atoms with van der Waals surface area (Å²) in [6, 6.07) is 0.681. The highest BCUT2D eigenvalue weighted by molar-refractivity contribution is 4.75. The quantitative estimate of drug-likeness (QED) is 0.673. The Balaban J connectivity index is 2.60. The van der Waals surface area contributed by atoms with E-state index >= 15 is 0 Å². The monoisotopic (exact) mass is 198 g/mol. The topological polar surface area (TPSA) is 6.48 Å². The SMILES string of the molecule is CC(C)N1CCCCCCC1N(C)C. The Morgan fingerprint density at radius 3 is 2.29 bits per heavy atom. The summed E-state index contributed by atoms with van der Waals surface area (Å²) in [7, 11) is 4.42. The van der Waals surface area contributed by atoms with E-state index in [4.69, 9.17) is 0 Å². The Hall–Kier alpha value is -0.0800. The predicted octanol–water partition coefficient (Wildman–Crippen LogP) is 2.55. The maximum absolute atomic E-state index is 2.65. The van der Waals surface area contributed by atoms with Crippen LogP contribution in [0.15, 0.2) is 0 Å². The third-order valence-corrected chi connectivity index (χ3v) is 3.27. The van der Waals surface area contributed by atoms with Crippen molar-refractivity contribution < 1.29 is 0 Å². The third kappa shape index (κ3) is 3.25. The van der Waals surface area contributed by atoms with Crippen LogP contribution >= 0.6 is 0 Å². The highest BCUT2D eigenvalue weighted by Crippen LogP contribution is 2.19. The van der Waals surface area contributed by atoms with E-state index in [2.05, 4.69) is 37.7 Å². The molecule has 0 aliphatic carbocycles. The molecule has 0 radical (unpaired) electrons. The number of likely N-dealkylation sites (tertiary alicyclic amines) is 1. The van der Waals surface area contributed by atoms with Crippen LogP contribution in [-0.4, -0.2) is 42.6 Å². The van der Waals surface area contributed by atoms with Gasteiger partial charge in [-0.2, -0.15) is 0 Å². The van der Waals surface area contributed by atoms with Crippen molar-refractivity contribution in [1.82, 2.24) is 9.80 Å². The Kier molecular flexibility index (Phi) is 4.90. The molecule has 1 aliphatic heterocycles. The van der Waals surface area contributed by atoms with Crippen LogP contribution in [0.2, 0.25) is 0 Å². The summed E-state index contributed by atoms with van der Waals surface area (Å²) >= 11 is 0. The van der Waals surface area contributed by atoms with Gasteiger partial charge in [0, 0.05) is 6.04 Å². The molecular weight excluding hydrogens is 172 g/mol. The molecule has 0 saturated carbocycles. The van der Waals surface area contributed by atoms with Crippen molar-refractivity contribution in [1.29, 1.82) is 0 Å². The van der Waals surface area contributed by atoms with Crippen LogP contribution < -0.4 is 0 Å². The van der Waals surface area contributed by atoms with E-state index in [-0.39, 0.29) is 0 Å². The van der Waals surface area contributed by atoms with Crippen molar-refractivity contribution >= 4 is 0 Å². The Labute approximate surface area is 89.3 Å². The van der Waals surface area contributed by atoms with Gasteiger partial charge < -0.3 is 0 Å². The van der Waals surface area contributed by atoms with Crippen LogP contribution in [0.5, 0.6) is 0 Å². The molecule has 84 valence electrons. The second-order valence-electron chi connectivity index (χ2n) is 4.98. The molecule has 0 bridgehead atoms. The van der Waals surface area contributed by atoms with E-state index in [1.54, 1.807) is 0 Å². The largest absolute Gasteiger partial charge is 0.294 e. The Bertz CT molecular complexity index is 136. The molecule has 2 nitrogen and oxygen atoms in total. The van der Waals surface area contributed by atoms with E-state index in [0.29, 0.717) is 12.2 Å². The fraction of sp³-hybridized carbons (Fsp3) is 1.00. The van der Waals surface area contributed by atoms with Crippen LogP contribution in [0.4, 0.5) is 0 Å². The van der Waals surface area contributed by atoms with Crippen molar-refractivity contribution in [3.8, 4) is 0 Å². The number of hydrogen-bond donors (Lipinski definition) is 0. The molecule has 0 aromatic heterocycles. The minimum atomic E-state index is 0.662. The van der Waals surface area contributed by atoms with E-state index in [1.807, 2.05) is 0 Å². The summed E-state index contributed by atoms with van der Waals surface area (Å²) in [6.07, 6.45) is 7.62. The Morgan fingerprint density at radius 2 is 1.71 bits per heavy atom. The molecule has 1 saturated heterocycles. The van der Waals surface area contributed by atoms with Crippen LogP contribution in [0.25, 0.3) is 0 Å². The van der Waals surface area contributed by atoms with Gasteiger partial charge in [0.1, 0.15) is 0 Å². The van der Waals surface area contributed by atoms with Gasteiger partial charge in [-0.15, -0.1) is 0 Å². The molecule has 0 aromatic carbocycles. The lowest BCUT2D eigenvalue weighted by Crippen LogP contribution is -2.49. The van der Waals surface area contributed by atoms with Crippen molar-refractivity contribution in [2.45, 2.75) is 58.2 Å². The molecule has 0 aromatic rings. The van der Waals surface area contributed by atoms with Crippen LogP contribution in [0, 0.1) is 0 Å². The first kappa shape index (κ1) is 12.0. The van der Waals surface area contributed by atoms with Gasteiger partial charge in [0.25, 0.3) is 0 Å². The highest BCUT2D eigenvalue weighted by Gasteiger charge is 2.23.